The van der Waals surface area contributed by atoms with Crippen molar-refractivity contribution in [2.45, 2.75) is 38.6 Å². The summed E-state index contributed by atoms with van der Waals surface area (Å²) in [5, 5.41) is 3.56. The lowest BCUT2D eigenvalue weighted by molar-refractivity contribution is 0.477. The second kappa shape index (κ2) is 6.79. The van der Waals surface area contributed by atoms with E-state index in [-0.39, 0.29) is 0 Å². The molecular formula is C16H26N2. The van der Waals surface area contributed by atoms with Gasteiger partial charge in [0, 0.05) is 26.3 Å². The molecule has 0 aliphatic heterocycles. The Bertz CT molecular complexity index is 337. The lowest BCUT2D eigenvalue weighted by Gasteiger charge is -2.13. The molecule has 1 aliphatic rings. The van der Waals surface area contributed by atoms with Crippen LogP contribution in [0.15, 0.2) is 24.3 Å². The molecule has 1 fully saturated rings. The van der Waals surface area contributed by atoms with E-state index in [2.05, 4.69) is 48.6 Å². The van der Waals surface area contributed by atoms with E-state index in [1.807, 2.05) is 0 Å². The Morgan fingerprint density at radius 1 is 1.11 bits per heavy atom. The zero-order chi connectivity index (χ0) is 12.8. The van der Waals surface area contributed by atoms with Crippen molar-refractivity contribution in [1.82, 2.24) is 5.32 Å². The third kappa shape index (κ3) is 4.02. The van der Waals surface area contributed by atoms with Crippen LogP contribution in [0, 0.1) is 5.92 Å². The average Bonchev–Trinajstić information content (AvgIpc) is 2.88. The van der Waals surface area contributed by atoms with Crippen molar-refractivity contribution in [2.24, 2.45) is 5.92 Å². The maximum atomic E-state index is 3.56. The zero-order valence-electron chi connectivity index (χ0n) is 11.8. The van der Waals surface area contributed by atoms with Gasteiger partial charge in [-0.1, -0.05) is 37.8 Å². The summed E-state index contributed by atoms with van der Waals surface area (Å²) in [5.74, 6) is 0.994. The maximum absolute atomic E-state index is 3.56. The molecule has 0 spiro atoms. The number of nitrogens with one attached hydrogen (secondary N) is 1. The monoisotopic (exact) mass is 246 g/mol. The molecule has 100 valence electrons. The first kappa shape index (κ1) is 13.4. The minimum atomic E-state index is 0.994. The number of benzene rings is 1. The minimum absolute atomic E-state index is 0.994. The molecule has 0 saturated heterocycles. The van der Waals surface area contributed by atoms with Crippen molar-refractivity contribution in [1.29, 1.82) is 0 Å². The normalized spacial score (nSPS) is 16.1. The van der Waals surface area contributed by atoms with Gasteiger partial charge in [-0.3, -0.25) is 0 Å². The molecule has 0 aromatic heterocycles. The lowest BCUT2D eigenvalue weighted by atomic mass is 10.0. The highest BCUT2D eigenvalue weighted by molar-refractivity contribution is 5.45. The second-order valence-electron chi connectivity index (χ2n) is 5.68. The summed E-state index contributed by atoms with van der Waals surface area (Å²) in [6.45, 7) is 2.17. The van der Waals surface area contributed by atoms with Gasteiger partial charge in [-0.25, -0.2) is 0 Å². The summed E-state index contributed by atoms with van der Waals surface area (Å²) in [6, 6.07) is 8.82. The number of hydrogen-bond acceptors (Lipinski definition) is 2. The van der Waals surface area contributed by atoms with Crippen LogP contribution in [-0.4, -0.2) is 20.6 Å². The number of nitrogens with zero attached hydrogens (tertiary/aromatic N) is 1. The third-order valence-corrected chi connectivity index (χ3v) is 3.99. The van der Waals surface area contributed by atoms with Gasteiger partial charge in [0.25, 0.3) is 0 Å². The van der Waals surface area contributed by atoms with Crippen LogP contribution in [0.25, 0.3) is 0 Å². The largest absolute Gasteiger partial charge is 0.378 e. The van der Waals surface area contributed by atoms with Gasteiger partial charge in [0.2, 0.25) is 0 Å². The zero-order valence-corrected chi connectivity index (χ0v) is 11.8. The lowest BCUT2D eigenvalue weighted by Crippen LogP contribution is -2.17. The van der Waals surface area contributed by atoms with Gasteiger partial charge in [-0.2, -0.15) is 0 Å². The van der Waals surface area contributed by atoms with Gasteiger partial charge in [0.15, 0.2) is 0 Å². The Kier molecular flexibility index (Phi) is 5.06. The molecule has 0 radical (unpaired) electrons. The van der Waals surface area contributed by atoms with Crippen LogP contribution in [0.1, 0.15) is 37.7 Å². The van der Waals surface area contributed by atoms with Gasteiger partial charge in [0.05, 0.1) is 0 Å². The van der Waals surface area contributed by atoms with Crippen LogP contribution in [0.2, 0.25) is 0 Å². The number of anilines is 1. The van der Waals surface area contributed by atoms with Crippen LogP contribution in [0.4, 0.5) is 5.69 Å². The van der Waals surface area contributed by atoms with Gasteiger partial charge >= 0.3 is 0 Å². The minimum Gasteiger partial charge on any atom is -0.378 e. The van der Waals surface area contributed by atoms with Crippen molar-refractivity contribution in [2.75, 3.05) is 25.5 Å². The highest BCUT2D eigenvalue weighted by Crippen LogP contribution is 2.26. The van der Waals surface area contributed by atoms with Crippen LogP contribution in [0.5, 0.6) is 0 Å². The standard InChI is InChI=1S/C16H26N2/c1-18(2)16-9-7-15(8-10-16)13-17-12-11-14-5-3-4-6-14/h7-10,14,17H,3-6,11-13H2,1-2H3. The summed E-state index contributed by atoms with van der Waals surface area (Å²) >= 11 is 0. The fourth-order valence-electron chi connectivity index (χ4n) is 2.75. The van der Waals surface area contributed by atoms with Gasteiger partial charge in [-0.15, -0.1) is 0 Å². The molecule has 0 heterocycles. The summed E-state index contributed by atoms with van der Waals surface area (Å²) in [5.41, 5.74) is 2.65. The number of rotatable bonds is 6. The first-order chi connectivity index (χ1) is 8.75. The fraction of sp³-hybridized carbons (Fsp3) is 0.625. The highest BCUT2D eigenvalue weighted by Gasteiger charge is 2.13. The summed E-state index contributed by atoms with van der Waals surface area (Å²) < 4.78 is 0. The van der Waals surface area contributed by atoms with E-state index in [0.717, 1.165) is 12.5 Å². The van der Waals surface area contributed by atoms with E-state index in [4.69, 9.17) is 0 Å². The van der Waals surface area contributed by atoms with Crippen molar-refractivity contribution < 1.29 is 0 Å². The number of hydrogen-bond donors (Lipinski definition) is 1. The molecule has 1 aliphatic carbocycles. The summed E-state index contributed by atoms with van der Waals surface area (Å²) in [4.78, 5) is 2.14. The van der Waals surface area contributed by atoms with E-state index < -0.39 is 0 Å². The smallest absolute Gasteiger partial charge is 0.0361 e. The Morgan fingerprint density at radius 3 is 2.39 bits per heavy atom. The predicted molar refractivity (Wildman–Crippen MR) is 79.1 cm³/mol. The van der Waals surface area contributed by atoms with Crippen LogP contribution in [0.3, 0.4) is 0 Å². The van der Waals surface area contributed by atoms with Crippen molar-refractivity contribution in [3.63, 3.8) is 0 Å². The quantitative estimate of drug-likeness (QED) is 0.774. The van der Waals surface area contributed by atoms with Gasteiger partial charge < -0.3 is 10.2 Å². The predicted octanol–water partition coefficient (Wildman–Crippen LogP) is 3.42. The van der Waals surface area contributed by atoms with E-state index >= 15 is 0 Å². The highest BCUT2D eigenvalue weighted by atomic mass is 15.1. The Morgan fingerprint density at radius 2 is 1.78 bits per heavy atom. The third-order valence-electron chi connectivity index (χ3n) is 3.99. The Hall–Kier alpha value is -1.02. The van der Waals surface area contributed by atoms with Crippen molar-refractivity contribution in [3.8, 4) is 0 Å². The van der Waals surface area contributed by atoms with Crippen LogP contribution in [-0.2, 0) is 6.54 Å². The van der Waals surface area contributed by atoms with E-state index in [9.17, 15) is 0 Å². The first-order valence-electron chi connectivity index (χ1n) is 7.22. The molecule has 1 aromatic rings. The molecular weight excluding hydrogens is 220 g/mol. The molecule has 1 N–H and O–H groups in total. The van der Waals surface area contributed by atoms with Gasteiger partial charge in [-0.05, 0) is 36.6 Å². The van der Waals surface area contributed by atoms with E-state index in [1.165, 1.54) is 49.9 Å². The summed E-state index contributed by atoms with van der Waals surface area (Å²) in [6.07, 6.45) is 7.18. The Balaban J connectivity index is 1.66. The molecule has 18 heavy (non-hydrogen) atoms. The molecule has 1 aromatic carbocycles. The van der Waals surface area contributed by atoms with Crippen molar-refractivity contribution in [3.05, 3.63) is 29.8 Å². The van der Waals surface area contributed by atoms with Crippen molar-refractivity contribution >= 4 is 5.69 Å². The van der Waals surface area contributed by atoms with Crippen LogP contribution >= 0.6 is 0 Å². The molecule has 2 nitrogen and oxygen atoms in total. The molecule has 0 atom stereocenters. The maximum Gasteiger partial charge on any atom is 0.0361 e. The topological polar surface area (TPSA) is 15.3 Å². The SMILES string of the molecule is CN(C)c1ccc(CNCCC2CCCC2)cc1. The average molecular weight is 246 g/mol. The first-order valence-corrected chi connectivity index (χ1v) is 7.22. The molecule has 1 saturated carbocycles. The fourth-order valence-corrected chi connectivity index (χ4v) is 2.75. The molecule has 2 rings (SSSR count). The molecule has 0 amide bonds. The summed E-state index contributed by atoms with van der Waals surface area (Å²) in [7, 11) is 4.16. The Labute approximate surface area is 111 Å². The second-order valence-corrected chi connectivity index (χ2v) is 5.68. The molecule has 0 bridgehead atoms. The van der Waals surface area contributed by atoms with Crippen LogP contribution < -0.4 is 10.2 Å². The molecule has 0 unspecified atom stereocenters. The molecule has 2 heteroatoms. The van der Waals surface area contributed by atoms with Gasteiger partial charge in [0.1, 0.15) is 0 Å². The van der Waals surface area contributed by atoms with E-state index in [0.29, 0.717) is 0 Å². The van der Waals surface area contributed by atoms with E-state index in [1.54, 1.807) is 0 Å².